The first-order valence-corrected chi connectivity index (χ1v) is 10.6. The number of pyridine rings is 1. The highest BCUT2D eigenvalue weighted by Gasteiger charge is 2.29. The molecule has 0 aliphatic carbocycles. The van der Waals surface area contributed by atoms with E-state index in [0.717, 1.165) is 31.4 Å². The van der Waals surface area contributed by atoms with Crippen LogP contribution in [-0.2, 0) is 4.74 Å². The lowest BCUT2D eigenvalue weighted by molar-refractivity contribution is 0.0580. The van der Waals surface area contributed by atoms with Gasteiger partial charge in [0.05, 0.1) is 6.04 Å². The lowest BCUT2D eigenvalue weighted by Crippen LogP contribution is -2.39. The highest BCUT2D eigenvalue weighted by atomic mass is 16.6. The van der Waals surface area contributed by atoms with E-state index in [9.17, 15) is 9.59 Å². The van der Waals surface area contributed by atoms with Crippen LogP contribution < -0.4 is 4.90 Å². The summed E-state index contributed by atoms with van der Waals surface area (Å²) in [6, 6.07) is 13.2. The maximum atomic E-state index is 13.1. The first-order valence-electron chi connectivity index (χ1n) is 10.6. The Hall–Kier alpha value is -2.89. The predicted octanol–water partition coefficient (Wildman–Crippen LogP) is 5.21. The molecule has 0 bridgehead atoms. The summed E-state index contributed by atoms with van der Waals surface area (Å²) in [5.74, 6) is 0.598. The molecule has 1 aromatic carbocycles. The molecular formula is C24H31N3O3. The van der Waals surface area contributed by atoms with Gasteiger partial charge in [-0.1, -0.05) is 24.3 Å². The van der Waals surface area contributed by atoms with Crippen molar-refractivity contribution in [1.82, 2.24) is 9.88 Å². The lowest BCUT2D eigenvalue weighted by Gasteiger charge is -2.36. The number of carbonyl (C=O) groups is 2. The van der Waals surface area contributed by atoms with Gasteiger partial charge in [-0.15, -0.1) is 0 Å². The molecule has 6 nitrogen and oxygen atoms in total. The maximum Gasteiger partial charge on any atom is 0.415 e. The summed E-state index contributed by atoms with van der Waals surface area (Å²) in [4.78, 5) is 33.5. The van der Waals surface area contributed by atoms with Gasteiger partial charge in [-0.3, -0.25) is 9.69 Å². The van der Waals surface area contributed by atoms with Crippen molar-refractivity contribution in [3.05, 3.63) is 59.8 Å². The molecule has 1 atom stereocenters. The van der Waals surface area contributed by atoms with Crippen LogP contribution in [0.3, 0.4) is 0 Å². The van der Waals surface area contributed by atoms with Gasteiger partial charge < -0.3 is 9.64 Å². The molecule has 0 radical (unpaired) electrons. The minimum atomic E-state index is -0.565. The van der Waals surface area contributed by atoms with Gasteiger partial charge >= 0.3 is 6.09 Å². The topological polar surface area (TPSA) is 62.7 Å². The van der Waals surface area contributed by atoms with E-state index in [1.165, 1.54) is 4.90 Å². The van der Waals surface area contributed by atoms with Crippen LogP contribution in [-0.4, -0.2) is 40.6 Å². The van der Waals surface area contributed by atoms with Crippen molar-refractivity contribution in [2.45, 2.75) is 58.6 Å². The number of piperidine rings is 1. The number of hydrogen-bond acceptors (Lipinski definition) is 4. The van der Waals surface area contributed by atoms with Crippen molar-refractivity contribution in [2.24, 2.45) is 0 Å². The summed E-state index contributed by atoms with van der Waals surface area (Å²) in [5.41, 5.74) is 1.13. The second-order valence-electron chi connectivity index (χ2n) is 8.55. The molecule has 2 aromatic rings. The Morgan fingerprint density at radius 1 is 1.13 bits per heavy atom. The van der Waals surface area contributed by atoms with Crippen molar-refractivity contribution in [2.75, 3.05) is 18.0 Å². The molecule has 0 saturated carbocycles. The third-order valence-corrected chi connectivity index (χ3v) is 5.15. The largest absolute Gasteiger partial charge is 0.443 e. The molecule has 1 aliphatic heterocycles. The van der Waals surface area contributed by atoms with Crippen molar-refractivity contribution in [3.63, 3.8) is 0 Å². The van der Waals surface area contributed by atoms with Gasteiger partial charge in [0.15, 0.2) is 0 Å². The zero-order valence-corrected chi connectivity index (χ0v) is 18.3. The monoisotopic (exact) mass is 409 g/mol. The molecule has 3 rings (SSSR count). The van der Waals surface area contributed by atoms with E-state index in [1.54, 1.807) is 6.20 Å². The average Bonchev–Trinajstić information content (AvgIpc) is 2.74. The number of amides is 2. The summed E-state index contributed by atoms with van der Waals surface area (Å²) < 4.78 is 5.48. The van der Waals surface area contributed by atoms with E-state index in [2.05, 4.69) is 4.98 Å². The number of nitrogens with zero attached hydrogens (tertiary/aromatic N) is 3. The van der Waals surface area contributed by atoms with Crippen LogP contribution in [0.4, 0.5) is 10.6 Å². The number of rotatable bonds is 4. The summed E-state index contributed by atoms with van der Waals surface area (Å²) >= 11 is 0. The second-order valence-corrected chi connectivity index (χ2v) is 8.55. The molecule has 1 fully saturated rings. The van der Waals surface area contributed by atoms with Gasteiger partial charge in [0.1, 0.15) is 11.4 Å². The summed E-state index contributed by atoms with van der Waals surface area (Å²) in [5, 5.41) is 0. The Bertz CT molecular complexity index is 860. The van der Waals surface area contributed by atoms with E-state index in [4.69, 9.17) is 4.74 Å². The quantitative estimate of drug-likeness (QED) is 0.695. The van der Waals surface area contributed by atoms with Gasteiger partial charge in [0, 0.05) is 24.8 Å². The molecule has 30 heavy (non-hydrogen) atoms. The first kappa shape index (κ1) is 21.8. The third-order valence-electron chi connectivity index (χ3n) is 5.15. The van der Waals surface area contributed by atoms with E-state index in [0.29, 0.717) is 17.9 Å². The maximum absolute atomic E-state index is 13.1. The number of anilines is 1. The van der Waals surface area contributed by atoms with Crippen LogP contribution in [0.2, 0.25) is 0 Å². The smallest absolute Gasteiger partial charge is 0.415 e. The average molecular weight is 410 g/mol. The molecule has 2 amide bonds. The summed E-state index contributed by atoms with van der Waals surface area (Å²) in [6.45, 7) is 8.62. The minimum absolute atomic E-state index is 0.00962. The number of hydrogen-bond donors (Lipinski definition) is 0. The Morgan fingerprint density at radius 2 is 1.87 bits per heavy atom. The van der Waals surface area contributed by atoms with E-state index in [1.807, 2.05) is 75.1 Å². The Labute approximate surface area is 178 Å². The fourth-order valence-electron chi connectivity index (χ4n) is 3.72. The van der Waals surface area contributed by atoms with Crippen molar-refractivity contribution in [3.8, 4) is 0 Å². The standard InChI is InChI=1S/C24H31N3O3/c1-5-26(23(29)30-24(2,3)4)21-15-14-19(17-25-21)20-13-9-10-16-27(20)22(28)18-11-7-6-8-12-18/h6-8,11-12,14-15,17,20H,5,9-10,13,16H2,1-4H3/t20-/m0/s1. The van der Waals surface area contributed by atoms with Crippen LogP contribution in [0.25, 0.3) is 0 Å². The molecule has 0 N–H and O–H groups in total. The zero-order chi connectivity index (χ0) is 21.7. The Morgan fingerprint density at radius 3 is 2.47 bits per heavy atom. The van der Waals surface area contributed by atoms with Crippen LogP contribution in [0, 0.1) is 0 Å². The zero-order valence-electron chi connectivity index (χ0n) is 18.3. The molecule has 1 aliphatic rings. The van der Waals surface area contributed by atoms with Gasteiger partial charge in [0.25, 0.3) is 5.91 Å². The number of carbonyl (C=O) groups excluding carboxylic acids is 2. The van der Waals surface area contributed by atoms with Gasteiger partial charge in [-0.05, 0) is 70.7 Å². The first-order chi connectivity index (χ1) is 14.3. The molecule has 1 aromatic heterocycles. The highest BCUT2D eigenvalue weighted by Crippen LogP contribution is 2.32. The SMILES string of the molecule is CCN(C(=O)OC(C)(C)C)c1ccc([C@@H]2CCCCN2C(=O)c2ccccc2)cn1. The molecule has 160 valence electrons. The lowest BCUT2D eigenvalue weighted by atomic mass is 9.95. The minimum Gasteiger partial charge on any atom is -0.443 e. The van der Waals surface area contributed by atoms with Crippen LogP contribution in [0.1, 0.15) is 68.9 Å². The molecular weight excluding hydrogens is 378 g/mol. The van der Waals surface area contributed by atoms with Crippen LogP contribution in [0.15, 0.2) is 48.7 Å². The number of benzene rings is 1. The fraction of sp³-hybridized carbons (Fsp3) is 0.458. The summed E-state index contributed by atoms with van der Waals surface area (Å²) in [7, 11) is 0. The van der Waals surface area contributed by atoms with Gasteiger partial charge in [0.2, 0.25) is 0 Å². The molecule has 1 saturated heterocycles. The van der Waals surface area contributed by atoms with Crippen molar-refractivity contribution < 1.29 is 14.3 Å². The second kappa shape index (κ2) is 9.28. The third kappa shape index (κ3) is 5.17. The van der Waals surface area contributed by atoms with E-state index >= 15 is 0 Å². The van der Waals surface area contributed by atoms with E-state index < -0.39 is 11.7 Å². The Kier molecular flexibility index (Phi) is 6.75. The molecule has 0 spiro atoms. The molecule has 0 unspecified atom stereocenters. The van der Waals surface area contributed by atoms with Gasteiger partial charge in [-0.25, -0.2) is 9.78 Å². The summed E-state index contributed by atoms with van der Waals surface area (Å²) in [6.07, 6.45) is 4.35. The molecule has 2 heterocycles. The van der Waals surface area contributed by atoms with E-state index in [-0.39, 0.29) is 11.9 Å². The number of likely N-dealkylation sites (tertiary alicyclic amines) is 1. The predicted molar refractivity (Wildman–Crippen MR) is 118 cm³/mol. The van der Waals surface area contributed by atoms with Crippen LogP contribution in [0.5, 0.6) is 0 Å². The van der Waals surface area contributed by atoms with Crippen molar-refractivity contribution >= 4 is 17.8 Å². The van der Waals surface area contributed by atoms with Crippen LogP contribution >= 0.6 is 0 Å². The Balaban J connectivity index is 1.79. The van der Waals surface area contributed by atoms with Gasteiger partial charge in [-0.2, -0.15) is 0 Å². The normalized spacial score (nSPS) is 16.8. The highest BCUT2D eigenvalue weighted by molar-refractivity contribution is 5.94. The van der Waals surface area contributed by atoms with Crippen molar-refractivity contribution in [1.29, 1.82) is 0 Å². The number of aromatic nitrogens is 1. The molecule has 6 heteroatoms. The fourth-order valence-corrected chi connectivity index (χ4v) is 3.72. The number of ether oxygens (including phenoxy) is 1.